The number of rotatable bonds is 6. The molecular weight excluding hydrogens is 383 g/mol. The molecule has 1 aromatic carbocycles. The summed E-state index contributed by atoms with van der Waals surface area (Å²) in [6.07, 6.45) is 10.2. The Balaban J connectivity index is 1.58. The first-order chi connectivity index (χ1) is 14.7. The van der Waals surface area contributed by atoms with E-state index in [-0.39, 0.29) is 11.9 Å². The Morgan fingerprint density at radius 3 is 2.67 bits per heavy atom. The molecule has 1 aliphatic heterocycles. The maximum atomic E-state index is 13.4. The summed E-state index contributed by atoms with van der Waals surface area (Å²) in [5.41, 5.74) is 3.03. The number of anilines is 3. The zero-order valence-corrected chi connectivity index (χ0v) is 16.2. The molecule has 3 N–H and O–H groups in total. The highest BCUT2D eigenvalue weighted by atomic mass is 19.1. The number of terminal acetylenes is 1. The number of morpholine rings is 1. The van der Waals surface area contributed by atoms with E-state index in [0.717, 1.165) is 29.9 Å². The number of benzene rings is 1. The molecular formula is C22H21FN6O. The summed E-state index contributed by atoms with van der Waals surface area (Å²) in [6.45, 7) is 2.96. The van der Waals surface area contributed by atoms with Gasteiger partial charge in [0.25, 0.3) is 0 Å². The third-order valence-electron chi connectivity index (χ3n) is 4.64. The van der Waals surface area contributed by atoms with Gasteiger partial charge in [-0.2, -0.15) is 0 Å². The van der Waals surface area contributed by atoms with Crippen molar-refractivity contribution < 1.29 is 9.13 Å². The van der Waals surface area contributed by atoms with Crippen LogP contribution < -0.4 is 16.0 Å². The van der Waals surface area contributed by atoms with Crippen LogP contribution in [-0.4, -0.2) is 47.3 Å². The van der Waals surface area contributed by atoms with Gasteiger partial charge in [0.2, 0.25) is 0 Å². The minimum Gasteiger partial charge on any atom is -0.382 e. The molecule has 30 heavy (non-hydrogen) atoms. The van der Waals surface area contributed by atoms with E-state index in [1.807, 2.05) is 6.07 Å². The SMILES string of the molecule is C#Cc1cnc(Nc2cc(NC[C@@H]3CNCCO3)c(-c3ccc(F)cc3)cn2)cn1. The van der Waals surface area contributed by atoms with E-state index >= 15 is 0 Å². The van der Waals surface area contributed by atoms with E-state index in [1.54, 1.807) is 24.5 Å². The van der Waals surface area contributed by atoms with Crippen molar-refractivity contribution in [1.29, 1.82) is 0 Å². The molecule has 0 aliphatic carbocycles. The van der Waals surface area contributed by atoms with Crippen molar-refractivity contribution in [3.05, 3.63) is 60.4 Å². The van der Waals surface area contributed by atoms with Crippen LogP contribution in [0.2, 0.25) is 0 Å². The number of pyridine rings is 1. The summed E-state index contributed by atoms with van der Waals surface area (Å²) in [7, 11) is 0. The predicted molar refractivity (Wildman–Crippen MR) is 114 cm³/mol. The van der Waals surface area contributed by atoms with Crippen LogP contribution in [0.15, 0.2) is 48.9 Å². The number of nitrogens with zero attached hydrogens (tertiary/aromatic N) is 3. The van der Waals surface area contributed by atoms with Gasteiger partial charge in [-0.3, -0.25) is 0 Å². The molecule has 1 atom stereocenters. The molecule has 0 radical (unpaired) electrons. The van der Waals surface area contributed by atoms with Crippen molar-refractivity contribution in [2.24, 2.45) is 0 Å². The summed E-state index contributed by atoms with van der Waals surface area (Å²) in [6, 6.07) is 8.20. The van der Waals surface area contributed by atoms with Gasteiger partial charge in [0.05, 0.1) is 25.1 Å². The lowest BCUT2D eigenvalue weighted by Crippen LogP contribution is -2.42. The maximum absolute atomic E-state index is 13.4. The molecule has 0 saturated carbocycles. The van der Waals surface area contributed by atoms with Crippen LogP contribution in [0.5, 0.6) is 0 Å². The van der Waals surface area contributed by atoms with Crippen molar-refractivity contribution in [1.82, 2.24) is 20.3 Å². The molecule has 2 aromatic heterocycles. The molecule has 0 amide bonds. The van der Waals surface area contributed by atoms with E-state index in [2.05, 4.69) is 36.8 Å². The van der Waals surface area contributed by atoms with Crippen LogP contribution in [-0.2, 0) is 4.74 Å². The smallest absolute Gasteiger partial charge is 0.150 e. The van der Waals surface area contributed by atoms with Crippen molar-refractivity contribution in [2.45, 2.75) is 6.10 Å². The number of hydrogen-bond acceptors (Lipinski definition) is 7. The van der Waals surface area contributed by atoms with Crippen LogP contribution in [0.3, 0.4) is 0 Å². The lowest BCUT2D eigenvalue weighted by molar-refractivity contribution is 0.0372. The van der Waals surface area contributed by atoms with Gasteiger partial charge in [0.15, 0.2) is 0 Å². The largest absolute Gasteiger partial charge is 0.382 e. The normalized spacial score (nSPS) is 15.9. The zero-order chi connectivity index (χ0) is 20.8. The van der Waals surface area contributed by atoms with Gasteiger partial charge in [0, 0.05) is 43.1 Å². The average Bonchev–Trinajstić information content (AvgIpc) is 2.80. The summed E-state index contributed by atoms with van der Waals surface area (Å²) in [5.74, 6) is 3.27. The highest BCUT2D eigenvalue weighted by molar-refractivity contribution is 5.79. The fraction of sp³-hybridized carbons (Fsp3) is 0.227. The molecule has 1 fully saturated rings. The number of hydrogen-bond donors (Lipinski definition) is 3. The monoisotopic (exact) mass is 404 g/mol. The predicted octanol–water partition coefficient (Wildman–Crippen LogP) is 2.80. The number of ether oxygens (including phenoxy) is 1. The van der Waals surface area contributed by atoms with Crippen LogP contribution in [0.25, 0.3) is 11.1 Å². The average molecular weight is 404 g/mol. The van der Waals surface area contributed by atoms with Crippen LogP contribution in [0.1, 0.15) is 5.69 Å². The minimum absolute atomic E-state index is 0.0616. The zero-order valence-electron chi connectivity index (χ0n) is 16.2. The van der Waals surface area contributed by atoms with E-state index < -0.39 is 0 Å². The van der Waals surface area contributed by atoms with Gasteiger partial charge in [-0.05, 0) is 23.6 Å². The Labute approximate surface area is 174 Å². The second kappa shape index (κ2) is 9.31. The molecule has 1 aliphatic rings. The molecule has 7 nitrogen and oxygen atoms in total. The fourth-order valence-corrected chi connectivity index (χ4v) is 3.10. The van der Waals surface area contributed by atoms with Gasteiger partial charge in [-0.1, -0.05) is 12.1 Å². The highest BCUT2D eigenvalue weighted by Crippen LogP contribution is 2.30. The lowest BCUT2D eigenvalue weighted by atomic mass is 10.1. The van der Waals surface area contributed by atoms with Crippen molar-refractivity contribution in [3.8, 4) is 23.5 Å². The Morgan fingerprint density at radius 2 is 1.97 bits per heavy atom. The Bertz CT molecular complexity index is 1030. The lowest BCUT2D eigenvalue weighted by Gasteiger charge is -2.25. The molecule has 4 rings (SSSR count). The van der Waals surface area contributed by atoms with Gasteiger partial charge >= 0.3 is 0 Å². The van der Waals surface area contributed by atoms with Crippen molar-refractivity contribution in [3.63, 3.8) is 0 Å². The third-order valence-corrected chi connectivity index (χ3v) is 4.64. The van der Waals surface area contributed by atoms with Crippen LogP contribution in [0, 0.1) is 18.2 Å². The molecule has 8 heteroatoms. The molecule has 152 valence electrons. The minimum atomic E-state index is -0.282. The van der Waals surface area contributed by atoms with E-state index in [0.29, 0.717) is 30.5 Å². The van der Waals surface area contributed by atoms with E-state index in [9.17, 15) is 4.39 Å². The van der Waals surface area contributed by atoms with Gasteiger partial charge in [0.1, 0.15) is 23.1 Å². The standard InChI is InChI=1S/C22H21FN6O/c1-2-17-10-27-22(14-25-17)29-21-9-20(26-12-18-11-24-7-8-30-18)19(13-28-21)15-3-5-16(23)6-4-15/h1,3-6,9-10,13-14,18,24H,7-8,11-12H2,(H2,26,27,28,29)/t18-/m0/s1. The molecule has 0 spiro atoms. The first-order valence-electron chi connectivity index (χ1n) is 9.59. The quantitative estimate of drug-likeness (QED) is 0.545. The number of aromatic nitrogens is 3. The summed E-state index contributed by atoms with van der Waals surface area (Å²) >= 11 is 0. The highest BCUT2D eigenvalue weighted by Gasteiger charge is 2.15. The fourth-order valence-electron chi connectivity index (χ4n) is 3.10. The maximum Gasteiger partial charge on any atom is 0.150 e. The Morgan fingerprint density at radius 1 is 1.13 bits per heavy atom. The third kappa shape index (κ3) is 4.89. The molecule has 3 heterocycles. The number of nitrogens with one attached hydrogen (secondary N) is 3. The van der Waals surface area contributed by atoms with Crippen molar-refractivity contribution >= 4 is 17.3 Å². The second-order valence-electron chi connectivity index (χ2n) is 6.76. The van der Waals surface area contributed by atoms with Gasteiger partial charge in [-0.15, -0.1) is 6.42 Å². The van der Waals surface area contributed by atoms with Crippen molar-refractivity contribution in [2.75, 3.05) is 36.9 Å². The van der Waals surface area contributed by atoms with Gasteiger partial charge in [-0.25, -0.2) is 19.3 Å². The van der Waals surface area contributed by atoms with E-state index in [4.69, 9.17) is 11.2 Å². The Kier molecular flexibility index (Phi) is 6.13. The van der Waals surface area contributed by atoms with E-state index in [1.165, 1.54) is 18.3 Å². The molecule has 1 saturated heterocycles. The Hall–Kier alpha value is -3.54. The number of halogens is 1. The second-order valence-corrected chi connectivity index (χ2v) is 6.76. The van der Waals surface area contributed by atoms with Crippen LogP contribution in [0.4, 0.5) is 21.7 Å². The van der Waals surface area contributed by atoms with Gasteiger partial charge < -0.3 is 20.7 Å². The summed E-state index contributed by atoms with van der Waals surface area (Å²) in [4.78, 5) is 12.8. The molecule has 0 unspecified atom stereocenters. The summed E-state index contributed by atoms with van der Waals surface area (Å²) < 4.78 is 19.1. The van der Waals surface area contributed by atoms with Crippen LogP contribution >= 0.6 is 0 Å². The molecule has 3 aromatic rings. The summed E-state index contributed by atoms with van der Waals surface area (Å²) in [5, 5.41) is 9.88. The first-order valence-corrected chi connectivity index (χ1v) is 9.59. The topological polar surface area (TPSA) is 84.0 Å². The molecule has 0 bridgehead atoms. The first kappa shape index (κ1) is 19.8.